The number of hydrogen-bond donors (Lipinski definition) is 2. The van der Waals surface area contributed by atoms with E-state index in [1.807, 2.05) is 0 Å². The predicted octanol–water partition coefficient (Wildman–Crippen LogP) is 1.71. The monoisotopic (exact) mass is 314 g/mol. The van der Waals surface area contributed by atoms with Gasteiger partial charge in [-0.2, -0.15) is 0 Å². The molecule has 0 rings (SSSR count). The minimum absolute atomic E-state index is 0.0114. The third kappa shape index (κ3) is 7.95. The lowest BCUT2D eigenvalue weighted by Crippen LogP contribution is -2.30. The van der Waals surface area contributed by atoms with E-state index < -0.39 is 24.3 Å². The van der Waals surface area contributed by atoms with Crippen LogP contribution in [0, 0.1) is 5.92 Å². The van der Waals surface area contributed by atoms with Gasteiger partial charge in [-0.15, -0.1) is 0 Å². The fourth-order valence-electron chi connectivity index (χ4n) is 1.61. The van der Waals surface area contributed by atoms with Crippen molar-refractivity contribution in [3.63, 3.8) is 0 Å². The van der Waals surface area contributed by atoms with Crippen LogP contribution in [0.4, 0.5) is 0 Å². The molecule has 0 bridgehead atoms. The van der Waals surface area contributed by atoms with Crippen molar-refractivity contribution < 1.29 is 29.3 Å². The quantitative estimate of drug-likeness (QED) is 0.362. The van der Waals surface area contributed by atoms with Gasteiger partial charge in [-0.1, -0.05) is 20.1 Å². The van der Waals surface area contributed by atoms with Crippen LogP contribution in [0.3, 0.4) is 0 Å². The van der Waals surface area contributed by atoms with Crippen LogP contribution in [0.2, 0.25) is 0 Å². The van der Waals surface area contributed by atoms with Crippen molar-refractivity contribution in [2.45, 2.75) is 52.4 Å². The first-order valence-corrected chi connectivity index (χ1v) is 7.20. The molecule has 0 aromatic rings. The smallest absolute Gasteiger partial charge is 0.336 e. The van der Waals surface area contributed by atoms with Crippen molar-refractivity contribution in [2.24, 2.45) is 5.92 Å². The Kier molecular flexibility index (Phi) is 9.37. The second kappa shape index (κ2) is 10.1. The zero-order valence-corrected chi connectivity index (χ0v) is 13.5. The first-order valence-electron chi connectivity index (χ1n) is 7.20. The fourth-order valence-corrected chi connectivity index (χ4v) is 1.61. The second-order valence-corrected chi connectivity index (χ2v) is 5.45. The molecular formula is C16H26O6. The number of aliphatic hydroxyl groups excluding tert-OH is 2. The molecule has 6 heteroatoms. The molecule has 2 N–H and O–H groups in total. The molecule has 0 aliphatic heterocycles. The first kappa shape index (κ1) is 20.3. The van der Waals surface area contributed by atoms with E-state index in [4.69, 9.17) is 14.6 Å². The Morgan fingerprint density at radius 3 is 1.91 bits per heavy atom. The summed E-state index contributed by atoms with van der Waals surface area (Å²) in [4.78, 5) is 23.2. The Bertz CT molecular complexity index is 387. The summed E-state index contributed by atoms with van der Waals surface area (Å²) in [6.07, 6.45) is -0.792. The lowest BCUT2D eigenvalue weighted by atomic mass is 9.97. The molecule has 0 aliphatic rings. The lowest BCUT2D eigenvalue weighted by Gasteiger charge is -2.24. The van der Waals surface area contributed by atoms with Gasteiger partial charge in [0.1, 0.15) is 0 Å². The normalized spacial score (nSPS) is 13.4. The van der Waals surface area contributed by atoms with Crippen molar-refractivity contribution in [3.8, 4) is 0 Å². The number of carbonyl (C=O) groups is 2. The molecule has 0 saturated carbocycles. The van der Waals surface area contributed by atoms with Gasteiger partial charge >= 0.3 is 11.9 Å². The van der Waals surface area contributed by atoms with Crippen LogP contribution in [-0.4, -0.2) is 41.2 Å². The summed E-state index contributed by atoms with van der Waals surface area (Å²) in [5.74, 6) is -1.62. The van der Waals surface area contributed by atoms with E-state index in [0.717, 1.165) is 0 Å². The predicted molar refractivity (Wildman–Crippen MR) is 81.7 cm³/mol. The average molecular weight is 314 g/mol. The summed E-state index contributed by atoms with van der Waals surface area (Å²) in [7, 11) is 0. The second-order valence-electron chi connectivity index (χ2n) is 5.45. The number of hydrogen-bond acceptors (Lipinski definition) is 6. The number of aliphatic hydroxyl groups is 2. The van der Waals surface area contributed by atoms with Gasteiger partial charge < -0.3 is 19.7 Å². The first-order chi connectivity index (χ1) is 10.2. The number of carbonyl (C=O) groups excluding carboxylic acids is 2. The molecule has 0 saturated heterocycles. The van der Waals surface area contributed by atoms with Crippen molar-refractivity contribution >= 4 is 11.9 Å². The third-order valence-electron chi connectivity index (χ3n) is 3.05. The molecule has 0 radical (unpaired) electrons. The average Bonchev–Trinajstić information content (AvgIpc) is 2.43. The van der Waals surface area contributed by atoms with Crippen LogP contribution in [0.5, 0.6) is 0 Å². The van der Waals surface area contributed by atoms with Gasteiger partial charge in [-0.3, -0.25) is 0 Å². The molecule has 0 spiro atoms. The van der Waals surface area contributed by atoms with E-state index in [9.17, 15) is 14.7 Å². The Balaban J connectivity index is 4.76. The van der Waals surface area contributed by atoms with Crippen LogP contribution < -0.4 is 0 Å². The van der Waals surface area contributed by atoms with Gasteiger partial charge in [0.2, 0.25) is 6.29 Å². The van der Waals surface area contributed by atoms with Crippen LogP contribution in [0.25, 0.3) is 0 Å². The molecular weight excluding hydrogens is 288 g/mol. The highest BCUT2D eigenvalue weighted by atomic mass is 16.7. The van der Waals surface area contributed by atoms with Crippen molar-refractivity contribution in [1.29, 1.82) is 0 Å². The van der Waals surface area contributed by atoms with Crippen LogP contribution in [-0.2, 0) is 19.1 Å². The van der Waals surface area contributed by atoms with Gasteiger partial charge in [-0.25, -0.2) is 9.59 Å². The van der Waals surface area contributed by atoms with E-state index in [1.165, 1.54) is 13.8 Å². The summed E-state index contributed by atoms with van der Waals surface area (Å²) >= 11 is 0. The van der Waals surface area contributed by atoms with Crippen LogP contribution in [0.1, 0.15) is 40.0 Å². The van der Waals surface area contributed by atoms with E-state index >= 15 is 0 Å². The molecule has 0 heterocycles. The van der Waals surface area contributed by atoms with Crippen LogP contribution >= 0.6 is 0 Å². The standard InChI is InChI=1S/C16H26O6/c1-10(2)15(19)21-14(22-16(20)11(3)4)9-12(5)13(18)7-6-8-17/h12-14,17-18H,1,3,6-9H2,2,4-5H3. The minimum Gasteiger partial charge on any atom is -0.422 e. The number of ether oxygens (including phenoxy) is 2. The van der Waals surface area contributed by atoms with E-state index in [-0.39, 0.29) is 30.1 Å². The van der Waals surface area contributed by atoms with Crippen molar-refractivity contribution in [1.82, 2.24) is 0 Å². The van der Waals surface area contributed by atoms with Gasteiger partial charge in [0.15, 0.2) is 0 Å². The molecule has 0 aliphatic carbocycles. The van der Waals surface area contributed by atoms with E-state index in [1.54, 1.807) is 6.92 Å². The zero-order valence-electron chi connectivity index (χ0n) is 13.5. The molecule has 2 unspecified atom stereocenters. The SMILES string of the molecule is C=C(C)C(=O)OC(CC(C)C(O)CCCO)OC(=O)C(=C)C. The fraction of sp³-hybridized carbons (Fsp3) is 0.625. The maximum atomic E-state index is 11.6. The molecule has 0 aromatic heterocycles. The van der Waals surface area contributed by atoms with Gasteiger partial charge in [0, 0.05) is 24.2 Å². The molecule has 0 aromatic carbocycles. The maximum Gasteiger partial charge on any atom is 0.336 e. The van der Waals surface area contributed by atoms with Gasteiger partial charge in [0.05, 0.1) is 6.10 Å². The largest absolute Gasteiger partial charge is 0.422 e. The highest BCUT2D eigenvalue weighted by Crippen LogP contribution is 2.19. The zero-order chi connectivity index (χ0) is 17.3. The lowest BCUT2D eigenvalue weighted by molar-refractivity contribution is -0.186. The van der Waals surface area contributed by atoms with Gasteiger partial charge in [-0.05, 0) is 32.6 Å². The van der Waals surface area contributed by atoms with Crippen molar-refractivity contribution in [3.05, 3.63) is 24.3 Å². The Labute approximate surface area is 131 Å². The molecule has 126 valence electrons. The van der Waals surface area contributed by atoms with E-state index in [2.05, 4.69) is 13.2 Å². The molecule has 6 nitrogen and oxygen atoms in total. The van der Waals surface area contributed by atoms with Gasteiger partial charge in [0.25, 0.3) is 0 Å². The number of esters is 2. The Hall–Kier alpha value is -1.66. The number of rotatable bonds is 10. The summed E-state index contributed by atoms with van der Waals surface area (Å²) in [6.45, 7) is 11.6. The van der Waals surface area contributed by atoms with Crippen LogP contribution in [0.15, 0.2) is 24.3 Å². The Morgan fingerprint density at radius 2 is 1.55 bits per heavy atom. The van der Waals surface area contributed by atoms with E-state index in [0.29, 0.717) is 12.8 Å². The highest BCUT2D eigenvalue weighted by Gasteiger charge is 2.25. The topological polar surface area (TPSA) is 93.1 Å². The summed E-state index contributed by atoms with van der Waals surface area (Å²) in [5, 5.41) is 18.7. The summed E-state index contributed by atoms with van der Waals surface area (Å²) in [6, 6.07) is 0. The minimum atomic E-state index is -1.12. The molecule has 2 atom stereocenters. The molecule has 0 fully saturated rings. The summed E-state index contributed by atoms with van der Waals surface area (Å²) in [5.41, 5.74) is 0.370. The van der Waals surface area contributed by atoms with Crippen molar-refractivity contribution in [2.75, 3.05) is 6.61 Å². The maximum absolute atomic E-state index is 11.6. The molecule has 22 heavy (non-hydrogen) atoms. The Morgan fingerprint density at radius 1 is 1.09 bits per heavy atom. The highest BCUT2D eigenvalue weighted by molar-refractivity contribution is 5.88. The summed E-state index contributed by atoms with van der Waals surface area (Å²) < 4.78 is 10.1. The third-order valence-corrected chi connectivity index (χ3v) is 3.05. The molecule has 0 amide bonds.